The lowest BCUT2D eigenvalue weighted by atomic mass is 10.0. The Morgan fingerprint density at radius 1 is 1.10 bits per heavy atom. The summed E-state index contributed by atoms with van der Waals surface area (Å²) in [5, 5.41) is 10.5. The van der Waals surface area contributed by atoms with E-state index >= 15 is 0 Å². The maximum atomic E-state index is 9.36. The SMILES string of the molecule is CC(CO)Cn1cnc2c(N3CCC(c4ncnc5ccccc45)C3)ncnc21. The fourth-order valence-corrected chi connectivity index (χ4v) is 4.15. The number of imidazole rings is 1. The summed E-state index contributed by atoms with van der Waals surface area (Å²) in [6.45, 7) is 4.56. The number of rotatable bonds is 5. The zero-order valence-electron chi connectivity index (χ0n) is 16.3. The standard InChI is InChI=1S/C21H23N7O/c1-14(10-29)8-28-13-26-19-20(24-12-25-21(19)28)27-7-6-15(9-27)18-16-4-2-3-5-17(16)22-11-23-18/h2-5,11-15,29H,6-10H2,1H3. The lowest BCUT2D eigenvalue weighted by Crippen LogP contribution is -2.21. The highest BCUT2D eigenvalue weighted by molar-refractivity contribution is 5.84. The summed E-state index contributed by atoms with van der Waals surface area (Å²) < 4.78 is 1.99. The van der Waals surface area contributed by atoms with E-state index in [9.17, 15) is 5.11 Å². The molecule has 0 bridgehead atoms. The van der Waals surface area contributed by atoms with Gasteiger partial charge in [0, 0.05) is 37.5 Å². The van der Waals surface area contributed by atoms with E-state index < -0.39 is 0 Å². The minimum atomic E-state index is 0.137. The van der Waals surface area contributed by atoms with Crippen LogP contribution in [0.2, 0.25) is 0 Å². The molecule has 3 aromatic heterocycles. The first-order chi connectivity index (χ1) is 14.2. The zero-order valence-corrected chi connectivity index (χ0v) is 16.3. The third-order valence-corrected chi connectivity index (χ3v) is 5.65. The van der Waals surface area contributed by atoms with Gasteiger partial charge in [-0.3, -0.25) is 0 Å². The number of para-hydroxylation sites is 1. The molecular formula is C21H23N7O. The molecule has 29 heavy (non-hydrogen) atoms. The van der Waals surface area contributed by atoms with Crippen LogP contribution in [0.1, 0.15) is 25.0 Å². The third-order valence-electron chi connectivity index (χ3n) is 5.65. The lowest BCUT2D eigenvalue weighted by molar-refractivity contribution is 0.224. The maximum absolute atomic E-state index is 9.36. The van der Waals surface area contributed by atoms with Crippen LogP contribution in [0.5, 0.6) is 0 Å². The molecule has 5 rings (SSSR count). The molecular weight excluding hydrogens is 366 g/mol. The summed E-state index contributed by atoms with van der Waals surface area (Å²) in [5.74, 6) is 1.34. The number of aliphatic hydroxyl groups excluding tert-OH is 1. The summed E-state index contributed by atoms with van der Waals surface area (Å²) in [4.78, 5) is 24.9. The van der Waals surface area contributed by atoms with Crippen LogP contribution in [-0.4, -0.2) is 54.3 Å². The molecule has 1 saturated heterocycles. The van der Waals surface area contributed by atoms with E-state index in [-0.39, 0.29) is 12.5 Å². The highest BCUT2D eigenvalue weighted by atomic mass is 16.3. The highest BCUT2D eigenvalue weighted by Crippen LogP contribution is 2.34. The molecule has 2 atom stereocenters. The number of nitrogens with zero attached hydrogens (tertiary/aromatic N) is 7. The fraction of sp³-hybridized carbons (Fsp3) is 0.381. The fourth-order valence-electron chi connectivity index (χ4n) is 4.15. The molecule has 1 aromatic carbocycles. The van der Waals surface area contributed by atoms with Gasteiger partial charge in [0.05, 0.1) is 17.5 Å². The summed E-state index contributed by atoms with van der Waals surface area (Å²) in [7, 11) is 0. The maximum Gasteiger partial charge on any atom is 0.165 e. The molecule has 0 aliphatic carbocycles. The molecule has 148 valence electrons. The van der Waals surface area contributed by atoms with Gasteiger partial charge in [0.25, 0.3) is 0 Å². The number of aromatic nitrogens is 6. The predicted molar refractivity (Wildman–Crippen MR) is 111 cm³/mol. The van der Waals surface area contributed by atoms with Crippen LogP contribution in [0, 0.1) is 5.92 Å². The van der Waals surface area contributed by atoms with E-state index in [0.717, 1.165) is 53.1 Å². The van der Waals surface area contributed by atoms with E-state index in [1.165, 1.54) is 0 Å². The van der Waals surface area contributed by atoms with Crippen molar-refractivity contribution in [2.45, 2.75) is 25.8 Å². The van der Waals surface area contributed by atoms with Crippen LogP contribution in [0.15, 0.2) is 43.2 Å². The van der Waals surface area contributed by atoms with Crippen molar-refractivity contribution < 1.29 is 5.11 Å². The molecule has 1 aliphatic rings. The van der Waals surface area contributed by atoms with E-state index in [2.05, 4.69) is 35.9 Å². The molecule has 0 amide bonds. The first-order valence-corrected chi connectivity index (χ1v) is 9.96. The largest absolute Gasteiger partial charge is 0.396 e. The van der Waals surface area contributed by atoms with E-state index in [1.54, 1.807) is 19.0 Å². The summed E-state index contributed by atoms with van der Waals surface area (Å²) in [6, 6.07) is 8.17. The van der Waals surface area contributed by atoms with Crippen molar-refractivity contribution >= 4 is 27.9 Å². The van der Waals surface area contributed by atoms with Crippen molar-refractivity contribution in [3.05, 3.63) is 48.9 Å². The second-order valence-electron chi connectivity index (χ2n) is 7.76. The molecule has 1 aliphatic heterocycles. The number of hydrogen-bond acceptors (Lipinski definition) is 7. The van der Waals surface area contributed by atoms with Gasteiger partial charge >= 0.3 is 0 Å². The molecule has 8 nitrogen and oxygen atoms in total. The molecule has 8 heteroatoms. The average molecular weight is 389 g/mol. The first-order valence-electron chi connectivity index (χ1n) is 9.96. The van der Waals surface area contributed by atoms with Crippen LogP contribution in [0.4, 0.5) is 5.82 Å². The van der Waals surface area contributed by atoms with Crippen molar-refractivity contribution in [3.8, 4) is 0 Å². The number of anilines is 1. The third kappa shape index (κ3) is 3.19. The molecule has 4 aromatic rings. The van der Waals surface area contributed by atoms with Crippen molar-refractivity contribution in [2.75, 3.05) is 24.6 Å². The smallest absolute Gasteiger partial charge is 0.165 e. The minimum Gasteiger partial charge on any atom is -0.396 e. The van der Waals surface area contributed by atoms with Gasteiger partial charge in [-0.2, -0.15) is 0 Å². The second-order valence-corrected chi connectivity index (χ2v) is 7.76. The predicted octanol–water partition coefficient (Wildman–Crippen LogP) is 2.39. The van der Waals surface area contributed by atoms with Crippen molar-refractivity contribution in [3.63, 3.8) is 0 Å². The molecule has 2 unspecified atom stereocenters. The monoisotopic (exact) mass is 389 g/mol. The van der Waals surface area contributed by atoms with E-state index in [4.69, 9.17) is 0 Å². The van der Waals surface area contributed by atoms with Gasteiger partial charge < -0.3 is 14.6 Å². The number of aliphatic hydroxyl groups is 1. The second kappa shape index (κ2) is 7.36. The van der Waals surface area contributed by atoms with Crippen molar-refractivity contribution in [1.82, 2.24) is 29.5 Å². The molecule has 0 saturated carbocycles. The minimum absolute atomic E-state index is 0.137. The van der Waals surface area contributed by atoms with Gasteiger partial charge in [-0.05, 0) is 18.4 Å². The molecule has 4 heterocycles. The van der Waals surface area contributed by atoms with Crippen LogP contribution in [0.3, 0.4) is 0 Å². The topological polar surface area (TPSA) is 92.8 Å². The number of hydrogen-bond donors (Lipinski definition) is 1. The average Bonchev–Trinajstić information content (AvgIpc) is 3.41. The van der Waals surface area contributed by atoms with Gasteiger partial charge in [0.1, 0.15) is 12.7 Å². The highest BCUT2D eigenvalue weighted by Gasteiger charge is 2.29. The summed E-state index contributed by atoms with van der Waals surface area (Å²) >= 11 is 0. The van der Waals surface area contributed by atoms with Gasteiger partial charge in [-0.25, -0.2) is 24.9 Å². The Morgan fingerprint density at radius 3 is 2.86 bits per heavy atom. The molecule has 1 N–H and O–H groups in total. The quantitative estimate of drug-likeness (QED) is 0.560. The van der Waals surface area contributed by atoms with E-state index in [0.29, 0.717) is 12.5 Å². The summed E-state index contributed by atoms with van der Waals surface area (Å²) in [6.07, 6.45) is 6.06. The lowest BCUT2D eigenvalue weighted by Gasteiger charge is -2.18. The Balaban J connectivity index is 1.45. The van der Waals surface area contributed by atoms with Crippen molar-refractivity contribution in [2.24, 2.45) is 5.92 Å². The van der Waals surface area contributed by atoms with Gasteiger partial charge in [0.2, 0.25) is 0 Å². The van der Waals surface area contributed by atoms with Gasteiger partial charge in [-0.15, -0.1) is 0 Å². The zero-order chi connectivity index (χ0) is 19.8. The van der Waals surface area contributed by atoms with Gasteiger partial charge in [0.15, 0.2) is 17.0 Å². The number of fused-ring (bicyclic) bond motifs is 2. The Labute approximate surface area is 168 Å². The van der Waals surface area contributed by atoms with Crippen LogP contribution < -0.4 is 4.90 Å². The first kappa shape index (κ1) is 17.9. The Hall–Kier alpha value is -3.13. The van der Waals surface area contributed by atoms with Crippen LogP contribution in [-0.2, 0) is 6.54 Å². The Morgan fingerprint density at radius 2 is 1.97 bits per heavy atom. The van der Waals surface area contributed by atoms with Crippen LogP contribution >= 0.6 is 0 Å². The number of benzene rings is 1. The molecule has 0 radical (unpaired) electrons. The Kier molecular flexibility index (Phi) is 4.55. The molecule has 1 fully saturated rings. The van der Waals surface area contributed by atoms with Crippen LogP contribution in [0.25, 0.3) is 22.1 Å². The van der Waals surface area contributed by atoms with Crippen molar-refractivity contribution in [1.29, 1.82) is 0 Å². The summed E-state index contributed by atoms with van der Waals surface area (Å²) in [5.41, 5.74) is 3.71. The van der Waals surface area contributed by atoms with E-state index in [1.807, 2.05) is 29.7 Å². The Bertz CT molecular complexity index is 1150. The normalized spacial score (nSPS) is 18.0. The molecule has 0 spiro atoms. The van der Waals surface area contributed by atoms with Gasteiger partial charge in [-0.1, -0.05) is 25.1 Å².